The summed E-state index contributed by atoms with van der Waals surface area (Å²) in [6, 6.07) is 10.6. The molecule has 0 radical (unpaired) electrons. The second-order valence-corrected chi connectivity index (χ2v) is 5.78. The van der Waals surface area contributed by atoms with E-state index >= 15 is 0 Å². The number of rotatable bonds is 5. The molecule has 0 unspecified atom stereocenters. The summed E-state index contributed by atoms with van der Waals surface area (Å²) >= 11 is 0. The zero-order valence-corrected chi connectivity index (χ0v) is 14.2. The number of nitrogens with zero attached hydrogens (tertiary/aromatic N) is 1. The number of hydrogen-bond acceptors (Lipinski definition) is 2. The van der Waals surface area contributed by atoms with Gasteiger partial charge in [0, 0.05) is 17.4 Å². The van der Waals surface area contributed by atoms with Crippen LogP contribution < -0.4 is 0 Å². The number of ether oxygens (including phenoxy) is 1. The van der Waals surface area contributed by atoms with Gasteiger partial charge in [-0.05, 0) is 54.8 Å². The van der Waals surface area contributed by atoms with Gasteiger partial charge in [-0.25, -0.2) is 13.6 Å². The Morgan fingerprint density at radius 3 is 2.52 bits per heavy atom. The summed E-state index contributed by atoms with van der Waals surface area (Å²) in [7, 11) is 0. The fourth-order valence-electron chi connectivity index (χ4n) is 3.17. The molecule has 3 nitrogen and oxygen atoms in total. The van der Waals surface area contributed by atoms with Crippen LogP contribution in [0.2, 0.25) is 0 Å². The second kappa shape index (κ2) is 7.05. The average Bonchev–Trinajstić information content (AvgIpc) is 2.88. The van der Waals surface area contributed by atoms with Crippen LogP contribution in [-0.4, -0.2) is 17.1 Å². The van der Waals surface area contributed by atoms with Gasteiger partial charge in [-0.1, -0.05) is 19.1 Å². The first kappa shape index (κ1) is 17.1. The Hall–Kier alpha value is -2.69. The number of fused-ring (bicyclic) bond motifs is 1. The van der Waals surface area contributed by atoms with Crippen molar-refractivity contribution >= 4 is 16.9 Å². The van der Waals surface area contributed by atoms with Crippen molar-refractivity contribution in [3.8, 4) is 0 Å². The lowest BCUT2D eigenvalue weighted by atomic mass is 10.1. The minimum absolute atomic E-state index is 0.248. The van der Waals surface area contributed by atoms with Gasteiger partial charge in [0.25, 0.3) is 0 Å². The molecule has 1 aromatic heterocycles. The number of aromatic nitrogens is 1. The summed E-state index contributed by atoms with van der Waals surface area (Å²) < 4.78 is 34.3. The summed E-state index contributed by atoms with van der Waals surface area (Å²) in [5.41, 5.74) is 2.58. The van der Waals surface area contributed by atoms with Crippen molar-refractivity contribution < 1.29 is 18.3 Å². The van der Waals surface area contributed by atoms with E-state index in [1.807, 2.05) is 6.92 Å². The summed E-state index contributed by atoms with van der Waals surface area (Å²) in [5.74, 6) is -1.15. The van der Waals surface area contributed by atoms with Crippen LogP contribution in [0.25, 0.3) is 10.9 Å². The molecule has 3 rings (SSSR count). The number of esters is 1. The molecule has 0 aliphatic carbocycles. The van der Waals surface area contributed by atoms with Crippen LogP contribution in [0.3, 0.4) is 0 Å². The fourth-order valence-corrected chi connectivity index (χ4v) is 3.17. The Balaban J connectivity index is 2.23. The van der Waals surface area contributed by atoms with E-state index in [0.29, 0.717) is 24.0 Å². The van der Waals surface area contributed by atoms with Crippen LogP contribution in [0.5, 0.6) is 0 Å². The molecule has 2 aromatic carbocycles. The zero-order valence-electron chi connectivity index (χ0n) is 14.2. The van der Waals surface area contributed by atoms with Gasteiger partial charge in [0.15, 0.2) is 0 Å². The van der Waals surface area contributed by atoms with Crippen LogP contribution in [0.1, 0.15) is 35.5 Å². The van der Waals surface area contributed by atoms with Crippen molar-refractivity contribution in [1.29, 1.82) is 0 Å². The van der Waals surface area contributed by atoms with Crippen LogP contribution >= 0.6 is 0 Å². The molecule has 0 fully saturated rings. The molecule has 25 heavy (non-hydrogen) atoms. The molecule has 0 aliphatic heterocycles. The Labute approximate surface area is 144 Å². The molecule has 0 N–H and O–H groups in total. The van der Waals surface area contributed by atoms with Gasteiger partial charge in [-0.2, -0.15) is 0 Å². The highest BCUT2D eigenvalue weighted by molar-refractivity contribution is 5.99. The fraction of sp³-hybridized carbons (Fsp3) is 0.250. The molecule has 0 bridgehead atoms. The molecule has 0 atom stereocenters. The van der Waals surface area contributed by atoms with E-state index in [-0.39, 0.29) is 18.2 Å². The monoisotopic (exact) mass is 343 g/mol. The lowest BCUT2D eigenvalue weighted by Crippen LogP contribution is -2.15. The molecule has 3 aromatic rings. The van der Waals surface area contributed by atoms with Crippen molar-refractivity contribution in [2.75, 3.05) is 6.61 Å². The van der Waals surface area contributed by atoms with E-state index in [0.717, 1.165) is 16.6 Å². The molecule has 130 valence electrons. The van der Waals surface area contributed by atoms with Gasteiger partial charge in [0.05, 0.1) is 6.61 Å². The normalized spacial score (nSPS) is 11.0. The molecule has 0 saturated carbocycles. The number of carbonyl (C=O) groups excluding carboxylic acids is 1. The molecule has 0 amide bonds. The number of benzene rings is 2. The number of carbonyl (C=O) groups is 1. The Morgan fingerprint density at radius 1 is 1.08 bits per heavy atom. The van der Waals surface area contributed by atoms with Crippen LogP contribution in [0, 0.1) is 11.6 Å². The maximum absolute atomic E-state index is 13.7. The molecule has 0 saturated heterocycles. The highest BCUT2D eigenvalue weighted by Gasteiger charge is 2.23. The van der Waals surface area contributed by atoms with E-state index in [1.165, 1.54) is 24.3 Å². The van der Waals surface area contributed by atoms with Gasteiger partial charge in [-0.3, -0.25) is 0 Å². The molecule has 0 spiro atoms. The quantitative estimate of drug-likeness (QED) is 0.629. The standard InChI is InChI=1S/C20H19F2NO2/c1-3-16-17-11-15(22)8-9-18(17)23(19(16)20(24)25-4-2)12-13-6-5-7-14(21)10-13/h5-11H,3-4,12H2,1-2H3. The number of aryl methyl sites for hydroxylation is 1. The maximum Gasteiger partial charge on any atom is 0.355 e. The third-order valence-electron chi connectivity index (χ3n) is 4.18. The lowest BCUT2D eigenvalue weighted by Gasteiger charge is -2.11. The highest BCUT2D eigenvalue weighted by Crippen LogP contribution is 2.29. The third kappa shape index (κ3) is 3.27. The predicted molar refractivity (Wildman–Crippen MR) is 92.7 cm³/mol. The molecule has 5 heteroatoms. The van der Waals surface area contributed by atoms with Gasteiger partial charge >= 0.3 is 5.97 Å². The maximum atomic E-state index is 13.7. The minimum atomic E-state index is -0.452. The Kier molecular flexibility index (Phi) is 4.83. The summed E-state index contributed by atoms with van der Waals surface area (Å²) in [4.78, 5) is 12.5. The van der Waals surface area contributed by atoms with Gasteiger partial charge in [-0.15, -0.1) is 0 Å². The van der Waals surface area contributed by atoms with E-state index in [4.69, 9.17) is 4.74 Å². The number of halogens is 2. The van der Waals surface area contributed by atoms with Crippen LogP contribution in [-0.2, 0) is 17.7 Å². The largest absolute Gasteiger partial charge is 0.461 e. The Bertz CT molecular complexity index is 931. The first-order valence-electron chi connectivity index (χ1n) is 8.27. The highest BCUT2D eigenvalue weighted by atomic mass is 19.1. The molecular formula is C20H19F2NO2. The summed E-state index contributed by atoms with van der Waals surface area (Å²) in [6.07, 6.45) is 0.560. The first-order valence-corrected chi connectivity index (χ1v) is 8.27. The topological polar surface area (TPSA) is 31.2 Å². The van der Waals surface area contributed by atoms with Crippen LogP contribution in [0.4, 0.5) is 8.78 Å². The van der Waals surface area contributed by atoms with Crippen molar-refractivity contribution in [2.45, 2.75) is 26.8 Å². The SMILES string of the molecule is CCOC(=O)c1c(CC)c2cc(F)ccc2n1Cc1cccc(F)c1. The van der Waals surface area contributed by atoms with Crippen molar-refractivity contribution in [3.05, 3.63) is 70.9 Å². The Morgan fingerprint density at radius 2 is 1.84 bits per heavy atom. The summed E-state index contributed by atoms with van der Waals surface area (Å²) in [6.45, 7) is 4.20. The smallest absolute Gasteiger partial charge is 0.355 e. The van der Waals surface area contributed by atoms with E-state index in [9.17, 15) is 13.6 Å². The summed E-state index contributed by atoms with van der Waals surface area (Å²) in [5, 5.41) is 0.682. The van der Waals surface area contributed by atoms with E-state index in [2.05, 4.69) is 0 Å². The van der Waals surface area contributed by atoms with E-state index < -0.39 is 5.97 Å². The lowest BCUT2D eigenvalue weighted by molar-refractivity contribution is 0.0513. The van der Waals surface area contributed by atoms with Crippen molar-refractivity contribution in [1.82, 2.24) is 4.57 Å². The van der Waals surface area contributed by atoms with Gasteiger partial charge in [0.2, 0.25) is 0 Å². The number of hydrogen-bond donors (Lipinski definition) is 0. The second-order valence-electron chi connectivity index (χ2n) is 5.78. The first-order chi connectivity index (χ1) is 12.0. The molecule has 1 heterocycles. The zero-order chi connectivity index (χ0) is 18.0. The van der Waals surface area contributed by atoms with Crippen molar-refractivity contribution in [2.24, 2.45) is 0 Å². The molecule has 0 aliphatic rings. The predicted octanol–water partition coefficient (Wildman–Crippen LogP) is 4.71. The van der Waals surface area contributed by atoms with Gasteiger partial charge < -0.3 is 9.30 Å². The third-order valence-corrected chi connectivity index (χ3v) is 4.18. The van der Waals surface area contributed by atoms with Crippen molar-refractivity contribution in [3.63, 3.8) is 0 Å². The molecular weight excluding hydrogens is 324 g/mol. The van der Waals surface area contributed by atoms with Crippen LogP contribution in [0.15, 0.2) is 42.5 Å². The minimum Gasteiger partial charge on any atom is -0.461 e. The average molecular weight is 343 g/mol. The van der Waals surface area contributed by atoms with Gasteiger partial charge in [0.1, 0.15) is 17.3 Å². The van der Waals surface area contributed by atoms with E-state index in [1.54, 1.807) is 29.7 Å².